The first-order valence-electron chi connectivity index (χ1n) is 7.34. The van der Waals surface area contributed by atoms with Crippen molar-refractivity contribution in [2.24, 2.45) is 0 Å². The molecule has 0 heterocycles. The molecule has 0 aliphatic heterocycles. The van der Waals surface area contributed by atoms with E-state index in [1.165, 1.54) is 5.56 Å². The zero-order valence-electron chi connectivity index (χ0n) is 13.6. The van der Waals surface area contributed by atoms with Gasteiger partial charge in [-0.2, -0.15) is 0 Å². The van der Waals surface area contributed by atoms with Crippen LogP contribution in [0.4, 0.5) is 5.69 Å². The van der Waals surface area contributed by atoms with Crippen LogP contribution >= 0.6 is 43.5 Å². The second-order valence-corrected chi connectivity index (χ2v) is 8.50. The van der Waals surface area contributed by atoms with Crippen LogP contribution in [0.2, 0.25) is 5.02 Å². The molecule has 0 saturated heterocycles. The molecule has 128 valence electrons. The number of benzene rings is 2. The zero-order chi connectivity index (χ0) is 17.9. The fourth-order valence-electron chi connectivity index (χ4n) is 2.00. The summed E-state index contributed by atoms with van der Waals surface area (Å²) in [5.41, 5.74) is 1.95. The number of rotatable bonds is 4. The van der Waals surface area contributed by atoms with Gasteiger partial charge in [0.05, 0.1) is 10.2 Å². The van der Waals surface area contributed by atoms with E-state index in [0.29, 0.717) is 20.9 Å². The van der Waals surface area contributed by atoms with Gasteiger partial charge in [-0.1, -0.05) is 38.4 Å². The summed E-state index contributed by atoms with van der Waals surface area (Å²) in [7, 11) is 0. The van der Waals surface area contributed by atoms with E-state index >= 15 is 0 Å². The average Bonchev–Trinajstić information content (AvgIpc) is 2.47. The predicted octanol–water partition coefficient (Wildman–Crippen LogP) is 6.18. The minimum atomic E-state index is -0.235. The Morgan fingerprint density at radius 3 is 2.42 bits per heavy atom. The smallest absolute Gasteiger partial charge is 0.262 e. The molecule has 1 amide bonds. The highest BCUT2D eigenvalue weighted by Gasteiger charge is 2.15. The van der Waals surface area contributed by atoms with Crippen molar-refractivity contribution < 1.29 is 9.53 Å². The maximum atomic E-state index is 12.1. The van der Waals surface area contributed by atoms with Crippen LogP contribution < -0.4 is 10.1 Å². The molecule has 2 aromatic rings. The monoisotopic (exact) mass is 473 g/mol. The summed E-state index contributed by atoms with van der Waals surface area (Å²) < 4.78 is 7.06. The lowest BCUT2D eigenvalue weighted by Crippen LogP contribution is -2.20. The van der Waals surface area contributed by atoms with E-state index in [4.69, 9.17) is 16.3 Å². The summed E-state index contributed by atoms with van der Waals surface area (Å²) in [6.45, 7) is 6.34. The number of anilines is 1. The number of hydrogen-bond donors (Lipinski definition) is 1. The number of halogens is 3. The molecule has 0 saturated carbocycles. The van der Waals surface area contributed by atoms with E-state index in [9.17, 15) is 4.79 Å². The summed E-state index contributed by atoms with van der Waals surface area (Å²) >= 11 is 12.7. The third-order valence-corrected chi connectivity index (χ3v) is 4.87. The van der Waals surface area contributed by atoms with Crippen molar-refractivity contribution in [3.63, 3.8) is 0 Å². The summed E-state index contributed by atoms with van der Waals surface area (Å²) in [4.78, 5) is 12.1. The first kappa shape index (κ1) is 19.3. The molecule has 0 radical (unpaired) electrons. The molecule has 1 N–H and O–H groups in total. The Morgan fingerprint density at radius 2 is 1.83 bits per heavy atom. The number of amides is 1. The highest BCUT2D eigenvalue weighted by molar-refractivity contribution is 9.11. The van der Waals surface area contributed by atoms with Gasteiger partial charge in [-0.05, 0) is 73.2 Å². The quantitative estimate of drug-likeness (QED) is 0.573. The zero-order valence-corrected chi connectivity index (χ0v) is 17.5. The minimum absolute atomic E-state index is 0.0506. The van der Waals surface area contributed by atoms with E-state index in [1.54, 1.807) is 18.2 Å². The first-order valence-corrected chi connectivity index (χ1v) is 9.31. The second kappa shape index (κ2) is 7.89. The molecule has 0 unspecified atom stereocenters. The van der Waals surface area contributed by atoms with Crippen molar-refractivity contribution in [3.05, 3.63) is 55.9 Å². The fraction of sp³-hybridized carbons (Fsp3) is 0.278. The van der Waals surface area contributed by atoms with Crippen LogP contribution in [0.3, 0.4) is 0 Å². The average molecular weight is 476 g/mol. The van der Waals surface area contributed by atoms with Crippen LogP contribution in [0.1, 0.15) is 26.3 Å². The topological polar surface area (TPSA) is 38.3 Å². The van der Waals surface area contributed by atoms with E-state index in [1.807, 2.05) is 18.2 Å². The number of nitrogens with one attached hydrogen (secondary N) is 1. The summed E-state index contributed by atoms with van der Waals surface area (Å²) in [5, 5.41) is 3.44. The Kier molecular flexibility index (Phi) is 6.34. The van der Waals surface area contributed by atoms with Gasteiger partial charge in [0.15, 0.2) is 6.61 Å². The van der Waals surface area contributed by atoms with Gasteiger partial charge >= 0.3 is 0 Å². The maximum Gasteiger partial charge on any atom is 0.262 e. The second-order valence-electron chi connectivity index (χ2n) is 6.36. The summed E-state index contributed by atoms with van der Waals surface area (Å²) in [6, 6.07) is 11.1. The lowest BCUT2D eigenvalue weighted by atomic mass is 9.87. The van der Waals surface area contributed by atoms with E-state index in [0.717, 1.165) is 4.47 Å². The van der Waals surface area contributed by atoms with Gasteiger partial charge in [0.1, 0.15) is 5.75 Å². The fourth-order valence-corrected chi connectivity index (χ4v) is 3.28. The molecule has 0 spiro atoms. The summed E-state index contributed by atoms with van der Waals surface area (Å²) in [6.07, 6.45) is 0. The van der Waals surface area contributed by atoms with Crippen molar-refractivity contribution in [3.8, 4) is 5.75 Å². The molecular formula is C18H18Br2ClNO2. The van der Waals surface area contributed by atoms with Gasteiger partial charge in [0.2, 0.25) is 0 Å². The lowest BCUT2D eigenvalue weighted by molar-refractivity contribution is -0.118. The van der Waals surface area contributed by atoms with Crippen LogP contribution in [-0.2, 0) is 10.2 Å². The molecule has 6 heteroatoms. The Bertz CT molecular complexity index is 757. The number of hydrogen-bond acceptors (Lipinski definition) is 2. The third-order valence-electron chi connectivity index (χ3n) is 3.36. The molecule has 0 atom stereocenters. The Hall–Kier alpha value is -1.04. The highest BCUT2D eigenvalue weighted by Crippen LogP contribution is 2.30. The molecule has 2 aromatic carbocycles. The molecule has 0 aliphatic carbocycles. The van der Waals surface area contributed by atoms with Gasteiger partial charge in [-0.3, -0.25) is 4.79 Å². The third kappa shape index (κ3) is 5.23. The van der Waals surface area contributed by atoms with Crippen LogP contribution in [0.15, 0.2) is 45.3 Å². The molecule has 0 fully saturated rings. The van der Waals surface area contributed by atoms with Gasteiger partial charge < -0.3 is 10.1 Å². The summed E-state index contributed by atoms with van der Waals surface area (Å²) in [5.74, 6) is 0.331. The van der Waals surface area contributed by atoms with Crippen molar-refractivity contribution in [2.75, 3.05) is 11.9 Å². The van der Waals surface area contributed by atoms with Crippen molar-refractivity contribution in [1.82, 2.24) is 0 Å². The van der Waals surface area contributed by atoms with Crippen molar-refractivity contribution in [2.45, 2.75) is 26.2 Å². The van der Waals surface area contributed by atoms with Crippen molar-refractivity contribution >= 4 is 55.1 Å². The molecule has 0 aliphatic rings. The molecule has 0 aromatic heterocycles. The maximum absolute atomic E-state index is 12.1. The Labute approximate surface area is 164 Å². The number of carbonyl (C=O) groups excluding carboxylic acids is 1. The largest absolute Gasteiger partial charge is 0.483 e. The van der Waals surface area contributed by atoms with Gasteiger partial charge in [-0.15, -0.1) is 0 Å². The van der Waals surface area contributed by atoms with E-state index in [-0.39, 0.29) is 17.9 Å². The van der Waals surface area contributed by atoms with Gasteiger partial charge in [0, 0.05) is 9.50 Å². The Morgan fingerprint density at radius 1 is 1.12 bits per heavy atom. The van der Waals surface area contributed by atoms with Crippen LogP contribution in [0, 0.1) is 0 Å². The van der Waals surface area contributed by atoms with Gasteiger partial charge in [0.25, 0.3) is 5.91 Å². The molecule has 0 bridgehead atoms. The number of ether oxygens (including phenoxy) is 1. The molecule has 3 nitrogen and oxygen atoms in total. The van der Waals surface area contributed by atoms with E-state index in [2.05, 4.69) is 57.9 Å². The van der Waals surface area contributed by atoms with Crippen LogP contribution in [-0.4, -0.2) is 12.5 Å². The van der Waals surface area contributed by atoms with Crippen molar-refractivity contribution in [1.29, 1.82) is 0 Å². The molecule has 24 heavy (non-hydrogen) atoms. The Balaban J connectivity index is 2.00. The predicted molar refractivity (Wildman–Crippen MR) is 106 cm³/mol. The highest BCUT2D eigenvalue weighted by atomic mass is 79.9. The normalized spacial score (nSPS) is 11.2. The standard InChI is InChI=1S/C18H18Br2ClNO2/c1-18(2,3)11-4-6-15(13(19)8-11)22-17(23)10-24-16-7-5-12(21)9-14(16)20/h4-9H,10H2,1-3H3,(H,22,23). The first-order chi connectivity index (χ1) is 11.2. The molecule has 2 rings (SSSR count). The molecular weight excluding hydrogens is 457 g/mol. The van der Waals surface area contributed by atoms with Gasteiger partial charge in [-0.25, -0.2) is 0 Å². The minimum Gasteiger partial charge on any atom is -0.483 e. The van der Waals surface area contributed by atoms with E-state index < -0.39 is 0 Å². The lowest BCUT2D eigenvalue weighted by Gasteiger charge is -2.20. The SMILES string of the molecule is CC(C)(C)c1ccc(NC(=O)COc2ccc(Cl)cc2Br)c(Br)c1. The number of carbonyl (C=O) groups is 1. The van der Waals surface area contributed by atoms with Crippen LogP contribution in [0.5, 0.6) is 5.75 Å². The van der Waals surface area contributed by atoms with Crippen LogP contribution in [0.25, 0.3) is 0 Å².